The summed E-state index contributed by atoms with van der Waals surface area (Å²) in [6.07, 6.45) is 13.4. The van der Waals surface area contributed by atoms with Gasteiger partial charge in [-0.1, -0.05) is 72.6 Å². The van der Waals surface area contributed by atoms with E-state index in [4.69, 9.17) is 5.73 Å². The molecule has 1 aliphatic heterocycles. The van der Waals surface area contributed by atoms with Crippen molar-refractivity contribution in [1.82, 2.24) is 15.5 Å². The van der Waals surface area contributed by atoms with E-state index in [0.717, 1.165) is 44.6 Å². The van der Waals surface area contributed by atoms with E-state index < -0.39 is 23.5 Å². The van der Waals surface area contributed by atoms with Crippen LogP contribution in [-0.2, 0) is 14.4 Å². The van der Waals surface area contributed by atoms with Crippen LogP contribution in [0.25, 0.3) is 0 Å². The van der Waals surface area contributed by atoms with Crippen LogP contribution in [-0.4, -0.2) is 53.3 Å². The van der Waals surface area contributed by atoms with E-state index in [2.05, 4.69) is 17.6 Å². The van der Waals surface area contributed by atoms with Gasteiger partial charge >= 0.3 is 0 Å². The van der Waals surface area contributed by atoms with E-state index in [9.17, 15) is 14.4 Å². The molecule has 196 valence electrons. The number of nitrogens with zero attached hydrogens (tertiary/aromatic N) is 1. The monoisotopic (exact) mass is 478 g/mol. The molecule has 3 atom stereocenters. The van der Waals surface area contributed by atoms with Crippen LogP contribution < -0.4 is 16.4 Å². The van der Waals surface area contributed by atoms with Gasteiger partial charge in [-0.05, 0) is 56.9 Å². The van der Waals surface area contributed by atoms with E-state index in [-0.39, 0.29) is 17.7 Å². The average Bonchev–Trinajstić information content (AvgIpc) is 3.11. The van der Waals surface area contributed by atoms with Crippen molar-refractivity contribution in [3.8, 4) is 0 Å². The zero-order chi connectivity index (χ0) is 25.1. The summed E-state index contributed by atoms with van der Waals surface area (Å²) in [5, 5.41) is 6.49. The van der Waals surface area contributed by atoms with Crippen molar-refractivity contribution in [3.05, 3.63) is 0 Å². The van der Waals surface area contributed by atoms with Crippen LogP contribution in [0.2, 0.25) is 0 Å². The van der Waals surface area contributed by atoms with Crippen molar-refractivity contribution >= 4 is 17.7 Å². The molecule has 2 aliphatic rings. The van der Waals surface area contributed by atoms with Gasteiger partial charge in [0.1, 0.15) is 12.1 Å². The van der Waals surface area contributed by atoms with Crippen LogP contribution in [0.4, 0.5) is 0 Å². The van der Waals surface area contributed by atoms with Crippen LogP contribution in [0.5, 0.6) is 0 Å². The number of nitrogens with one attached hydrogen (secondary N) is 2. The third-order valence-electron chi connectivity index (χ3n) is 7.71. The summed E-state index contributed by atoms with van der Waals surface area (Å²) >= 11 is 0. The fourth-order valence-electron chi connectivity index (χ4n) is 5.88. The molecule has 4 N–H and O–H groups in total. The van der Waals surface area contributed by atoms with Crippen molar-refractivity contribution in [2.75, 3.05) is 13.1 Å². The molecule has 2 fully saturated rings. The molecule has 3 amide bonds. The van der Waals surface area contributed by atoms with Crippen LogP contribution in [0.15, 0.2) is 0 Å². The third-order valence-corrected chi connectivity index (χ3v) is 7.71. The summed E-state index contributed by atoms with van der Waals surface area (Å²) in [6, 6.07) is -1.27. The zero-order valence-corrected chi connectivity index (χ0v) is 22.2. The number of hydrogen-bond donors (Lipinski definition) is 3. The van der Waals surface area contributed by atoms with Gasteiger partial charge in [0.25, 0.3) is 0 Å². The number of hydrogen-bond acceptors (Lipinski definition) is 4. The average molecular weight is 479 g/mol. The van der Waals surface area contributed by atoms with Gasteiger partial charge in [0, 0.05) is 6.54 Å². The van der Waals surface area contributed by atoms with Crippen LogP contribution >= 0.6 is 0 Å². The molecule has 0 bridgehead atoms. The zero-order valence-electron chi connectivity index (χ0n) is 22.2. The summed E-state index contributed by atoms with van der Waals surface area (Å²) in [7, 11) is 0. The Morgan fingerprint density at radius 1 is 1.15 bits per heavy atom. The molecule has 0 aromatic rings. The van der Waals surface area contributed by atoms with Crippen molar-refractivity contribution in [2.45, 2.75) is 129 Å². The lowest BCUT2D eigenvalue weighted by molar-refractivity contribution is -0.142. The molecule has 0 radical (unpaired) electrons. The lowest BCUT2D eigenvalue weighted by Gasteiger charge is -2.33. The molecule has 7 nitrogen and oxygen atoms in total. The highest BCUT2D eigenvalue weighted by Crippen LogP contribution is 2.31. The highest BCUT2D eigenvalue weighted by Gasteiger charge is 2.48. The lowest BCUT2D eigenvalue weighted by atomic mass is 9.86. The molecule has 1 aliphatic carbocycles. The van der Waals surface area contributed by atoms with Crippen molar-refractivity contribution in [2.24, 2.45) is 17.6 Å². The van der Waals surface area contributed by atoms with E-state index in [1.807, 2.05) is 20.8 Å². The molecule has 2 rings (SSSR count). The molecular formula is C27H50N4O3. The molecule has 0 aromatic carbocycles. The van der Waals surface area contributed by atoms with E-state index in [0.29, 0.717) is 19.4 Å². The molecular weight excluding hydrogens is 428 g/mol. The Labute approximate surface area is 207 Å². The van der Waals surface area contributed by atoms with Gasteiger partial charge < -0.3 is 21.3 Å². The SMILES string of the molecule is CCC[C@@H](C(=O)N[C@@H](CC(C)C)C(N)=O)N1CC[C@](CCC)(NCCCC2CCCCC2)C1=O. The highest BCUT2D eigenvalue weighted by molar-refractivity contribution is 5.95. The maximum absolute atomic E-state index is 13.7. The summed E-state index contributed by atoms with van der Waals surface area (Å²) in [4.78, 5) is 40.6. The number of carbonyl (C=O) groups excluding carboxylic acids is 3. The topological polar surface area (TPSA) is 105 Å². The van der Waals surface area contributed by atoms with Gasteiger partial charge in [-0.15, -0.1) is 0 Å². The fraction of sp³-hybridized carbons (Fsp3) is 0.889. The predicted molar refractivity (Wildman–Crippen MR) is 137 cm³/mol. The summed E-state index contributed by atoms with van der Waals surface area (Å²) in [6.45, 7) is 9.53. The Hall–Kier alpha value is -1.63. The third kappa shape index (κ3) is 7.96. The second-order valence-electron chi connectivity index (χ2n) is 11.1. The van der Waals surface area contributed by atoms with E-state index in [1.165, 1.54) is 38.5 Å². The van der Waals surface area contributed by atoms with E-state index >= 15 is 0 Å². The minimum absolute atomic E-state index is 0.0418. The van der Waals surface area contributed by atoms with Crippen molar-refractivity contribution in [3.63, 3.8) is 0 Å². The van der Waals surface area contributed by atoms with Crippen molar-refractivity contribution < 1.29 is 14.4 Å². The molecule has 0 spiro atoms. The second-order valence-corrected chi connectivity index (χ2v) is 11.1. The Bertz CT molecular complexity index is 662. The summed E-state index contributed by atoms with van der Waals surface area (Å²) in [5.41, 5.74) is 4.97. The normalized spacial score (nSPS) is 23.3. The van der Waals surface area contributed by atoms with Gasteiger partial charge in [-0.2, -0.15) is 0 Å². The van der Waals surface area contributed by atoms with E-state index in [1.54, 1.807) is 4.90 Å². The van der Waals surface area contributed by atoms with Crippen LogP contribution in [0.3, 0.4) is 0 Å². The number of primary amides is 1. The smallest absolute Gasteiger partial charge is 0.243 e. The maximum atomic E-state index is 13.7. The highest BCUT2D eigenvalue weighted by atomic mass is 16.2. The van der Waals surface area contributed by atoms with Gasteiger partial charge in [-0.3, -0.25) is 14.4 Å². The molecule has 0 aromatic heterocycles. The predicted octanol–water partition coefficient (Wildman–Crippen LogP) is 3.89. The van der Waals surface area contributed by atoms with Gasteiger partial charge in [0.2, 0.25) is 17.7 Å². The van der Waals surface area contributed by atoms with Gasteiger partial charge in [-0.25, -0.2) is 0 Å². The first-order valence-electron chi connectivity index (χ1n) is 13.9. The number of nitrogens with two attached hydrogens (primary N) is 1. The quantitative estimate of drug-likeness (QED) is 0.311. The molecule has 1 saturated heterocycles. The molecule has 1 saturated carbocycles. The fourth-order valence-corrected chi connectivity index (χ4v) is 5.88. The molecule has 7 heteroatoms. The summed E-state index contributed by atoms with van der Waals surface area (Å²) in [5.74, 6) is 0.329. The van der Waals surface area contributed by atoms with Crippen LogP contribution in [0, 0.1) is 11.8 Å². The minimum atomic E-state index is -0.706. The maximum Gasteiger partial charge on any atom is 0.243 e. The first kappa shape index (κ1) is 28.6. The van der Waals surface area contributed by atoms with Gasteiger partial charge in [0.05, 0.1) is 5.54 Å². The second kappa shape index (κ2) is 14.1. The standard InChI is InChI=1S/C27H50N4O3/c1-5-11-23(25(33)30-22(24(28)32)19-20(3)4)31-18-16-27(15-6-2,26(31)34)29-17-10-14-21-12-8-7-9-13-21/h20-23,29H,5-19H2,1-4H3,(H2,28,32)(H,30,33)/t22-,23-,27-/m0/s1. The minimum Gasteiger partial charge on any atom is -0.368 e. The number of rotatable bonds is 15. The number of carbonyl (C=O) groups is 3. The molecule has 34 heavy (non-hydrogen) atoms. The number of likely N-dealkylation sites (tertiary alicyclic amines) is 1. The Morgan fingerprint density at radius 3 is 2.44 bits per heavy atom. The molecule has 1 heterocycles. The Morgan fingerprint density at radius 2 is 1.85 bits per heavy atom. The van der Waals surface area contributed by atoms with Crippen molar-refractivity contribution in [1.29, 1.82) is 0 Å². The van der Waals surface area contributed by atoms with Crippen LogP contribution in [0.1, 0.15) is 111 Å². The number of amides is 3. The molecule has 0 unspecified atom stereocenters. The Balaban J connectivity index is 2.03. The Kier molecular flexibility index (Phi) is 11.8. The van der Waals surface area contributed by atoms with Gasteiger partial charge in [0.15, 0.2) is 0 Å². The largest absolute Gasteiger partial charge is 0.368 e. The summed E-state index contributed by atoms with van der Waals surface area (Å²) < 4.78 is 0. The lowest BCUT2D eigenvalue weighted by Crippen LogP contribution is -2.57. The first-order valence-corrected chi connectivity index (χ1v) is 13.9. The first-order chi connectivity index (χ1) is 16.2.